The van der Waals surface area contributed by atoms with Crippen molar-refractivity contribution in [2.75, 3.05) is 13.1 Å². The first-order valence-corrected chi connectivity index (χ1v) is 14.0. The second-order valence-corrected chi connectivity index (χ2v) is 10.7. The fourth-order valence-electron chi connectivity index (χ4n) is 4.88. The molecule has 0 radical (unpaired) electrons. The molecule has 0 amide bonds. The van der Waals surface area contributed by atoms with Gasteiger partial charge in [0.25, 0.3) is 0 Å². The van der Waals surface area contributed by atoms with Gasteiger partial charge in [-0.3, -0.25) is 10.1 Å². The topological polar surface area (TPSA) is 97.4 Å². The minimum Gasteiger partial charge on any atom is -0.506 e. The molecule has 4 aromatic carbocycles. The summed E-state index contributed by atoms with van der Waals surface area (Å²) >= 11 is 1.05. The van der Waals surface area contributed by atoms with Gasteiger partial charge >= 0.3 is 4.87 Å². The summed E-state index contributed by atoms with van der Waals surface area (Å²) in [6.45, 7) is 2.27. The average Bonchev–Trinajstić information content (AvgIpc) is 3.37. The molecule has 0 saturated heterocycles. The Kier molecular flexibility index (Phi) is 8.85. The first kappa shape index (κ1) is 26.8. The molecule has 39 heavy (non-hydrogen) atoms. The summed E-state index contributed by atoms with van der Waals surface area (Å²) in [6, 6.07) is 33.1. The van der Waals surface area contributed by atoms with Crippen LogP contribution >= 0.6 is 11.3 Å². The van der Waals surface area contributed by atoms with Gasteiger partial charge in [0, 0.05) is 32.0 Å². The van der Waals surface area contributed by atoms with Gasteiger partial charge in [0.1, 0.15) is 17.5 Å². The third-order valence-corrected chi connectivity index (χ3v) is 7.91. The number of phenols is 1. The maximum Gasteiger partial charge on any atom is 0.305 e. The number of thiazole rings is 1. The van der Waals surface area contributed by atoms with E-state index in [0.717, 1.165) is 36.4 Å². The Hall–Kier alpha value is -3.75. The van der Waals surface area contributed by atoms with E-state index in [9.17, 15) is 15.0 Å². The number of benzene rings is 4. The summed E-state index contributed by atoms with van der Waals surface area (Å²) in [6.07, 6.45) is 0.389. The largest absolute Gasteiger partial charge is 0.506 e. The highest BCUT2D eigenvalue weighted by Gasteiger charge is 2.14. The minimum atomic E-state index is -0.749. The van der Waals surface area contributed by atoms with E-state index in [2.05, 4.69) is 101 Å². The summed E-state index contributed by atoms with van der Waals surface area (Å²) in [4.78, 5) is 14.1. The van der Waals surface area contributed by atoms with Crippen molar-refractivity contribution in [3.63, 3.8) is 0 Å². The molecule has 0 fully saturated rings. The zero-order chi connectivity index (χ0) is 27.0. The Morgan fingerprint density at radius 3 is 2.13 bits per heavy atom. The van der Waals surface area contributed by atoms with Crippen LogP contribution in [-0.4, -0.2) is 34.5 Å². The maximum atomic E-state index is 11.7. The molecule has 0 aliphatic rings. The van der Waals surface area contributed by atoms with Crippen molar-refractivity contribution in [2.45, 2.75) is 31.5 Å². The van der Waals surface area contributed by atoms with E-state index in [4.69, 9.17) is 0 Å². The van der Waals surface area contributed by atoms with Crippen LogP contribution in [0.5, 0.6) is 5.75 Å². The predicted molar refractivity (Wildman–Crippen MR) is 158 cm³/mol. The molecule has 200 valence electrons. The predicted octanol–water partition coefficient (Wildman–Crippen LogP) is 4.91. The number of aromatic nitrogens is 1. The number of nitrogens with one attached hydrogen (secondary N) is 3. The van der Waals surface area contributed by atoms with Gasteiger partial charge in [-0.05, 0) is 40.3 Å². The second-order valence-electron chi connectivity index (χ2n) is 9.71. The van der Waals surface area contributed by atoms with Gasteiger partial charge in [0.15, 0.2) is 0 Å². The van der Waals surface area contributed by atoms with Crippen LogP contribution in [0.3, 0.4) is 0 Å². The third kappa shape index (κ3) is 7.02. The maximum absolute atomic E-state index is 11.7. The molecule has 5 rings (SSSR count). The number of hydrogen-bond donors (Lipinski definition) is 5. The van der Waals surface area contributed by atoms with Crippen molar-refractivity contribution >= 4 is 21.6 Å². The molecular formula is C32H33N3O3S. The highest BCUT2D eigenvalue weighted by Crippen LogP contribution is 2.28. The van der Waals surface area contributed by atoms with Crippen molar-refractivity contribution in [1.29, 1.82) is 0 Å². The van der Waals surface area contributed by atoms with E-state index >= 15 is 0 Å². The van der Waals surface area contributed by atoms with Gasteiger partial charge < -0.3 is 20.5 Å². The normalized spacial score (nSPS) is 12.3. The third-order valence-electron chi connectivity index (χ3n) is 6.95. The number of aliphatic hydroxyl groups is 1. The van der Waals surface area contributed by atoms with Crippen molar-refractivity contribution in [3.8, 4) is 5.75 Å². The molecule has 5 N–H and O–H groups in total. The number of rotatable bonds is 12. The summed E-state index contributed by atoms with van der Waals surface area (Å²) in [5.74, 6) is 0.336. The number of H-pyrrole nitrogens is 1. The molecule has 0 bridgehead atoms. The highest BCUT2D eigenvalue weighted by molar-refractivity contribution is 7.16. The lowest BCUT2D eigenvalue weighted by Gasteiger charge is -2.19. The van der Waals surface area contributed by atoms with E-state index in [1.54, 1.807) is 12.1 Å². The molecule has 1 unspecified atom stereocenters. The molecular weight excluding hydrogens is 506 g/mol. The Balaban J connectivity index is 1.09. The minimum absolute atomic E-state index is 0.0420. The van der Waals surface area contributed by atoms with Crippen LogP contribution in [0.15, 0.2) is 102 Å². The van der Waals surface area contributed by atoms with E-state index in [0.29, 0.717) is 29.1 Å². The number of fused-ring (bicyclic) bond motifs is 1. The van der Waals surface area contributed by atoms with Gasteiger partial charge in [-0.2, -0.15) is 0 Å². The Bertz CT molecular complexity index is 1490. The van der Waals surface area contributed by atoms with Crippen LogP contribution < -0.4 is 15.5 Å². The standard InChI is InChI=1S/C32H33N3O3S/c36-28-16-15-26(31-30(28)35-32(38)39-31)19-29(37)34-18-17-22-11-13-23(14-12-22)20-33-21-27(24-7-3-1-4-8-24)25-9-5-2-6-10-25/h1-16,27,29,33-34,36-37H,17-21H2,(H,35,38). The van der Waals surface area contributed by atoms with Crippen LogP contribution in [0.2, 0.25) is 0 Å². The SMILES string of the molecule is O=c1[nH]c2c(O)ccc(CC(O)NCCc3ccc(CNCC(c4ccccc4)c4ccccc4)cc3)c2s1. The van der Waals surface area contributed by atoms with E-state index in [1.807, 2.05) is 0 Å². The molecule has 1 aromatic heterocycles. The lowest BCUT2D eigenvalue weighted by molar-refractivity contribution is 0.138. The van der Waals surface area contributed by atoms with Crippen molar-refractivity contribution in [2.24, 2.45) is 0 Å². The van der Waals surface area contributed by atoms with Crippen LogP contribution in [0.4, 0.5) is 0 Å². The molecule has 0 aliphatic carbocycles. The lowest BCUT2D eigenvalue weighted by Crippen LogP contribution is -2.32. The molecule has 0 spiro atoms. The highest BCUT2D eigenvalue weighted by atomic mass is 32.1. The number of aromatic hydroxyl groups is 1. The number of aromatic amines is 1. The molecule has 6 nitrogen and oxygen atoms in total. The van der Waals surface area contributed by atoms with Crippen LogP contribution in [0.1, 0.15) is 33.7 Å². The molecule has 5 aromatic rings. The quantitative estimate of drug-likeness (QED) is 0.145. The lowest BCUT2D eigenvalue weighted by atomic mass is 9.91. The Labute approximate surface area is 232 Å². The second kappa shape index (κ2) is 12.9. The fourth-order valence-corrected chi connectivity index (χ4v) is 5.76. The van der Waals surface area contributed by atoms with E-state index in [1.165, 1.54) is 22.3 Å². The average molecular weight is 540 g/mol. The molecule has 0 aliphatic heterocycles. The summed E-state index contributed by atoms with van der Waals surface area (Å²) in [5.41, 5.74) is 6.29. The van der Waals surface area contributed by atoms with Crippen molar-refractivity contribution in [1.82, 2.24) is 15.6 Å². The van der Waals surface area contributed by atoms with Gasteiger partial charge in [-0.25, -0.2) is 0 Å². The Morgan fingerprint density at radius 2 is 1.46 bits per heavy atom. The molecule has 1 heterocycles. The van der Waals surface area contributed by atoms with Gasteiger partial charge in [-0.15, -0.1) is 0 Å². The van der Waals surface area contributed by atoms with Crippen LogP contribution in [0.25, 0.3) is 10.2 Å². The number of aliphatic hydroxyl groups excluding tert-OH is 1. The Morgan fingerprint density at radius 1 is 0.821 bits per heavy atom. The van der Waals surface area contributed by atoms with Gasteiger partial charge in [0.05, 0.1) is 4.70 Å². The van der Waals surface area contributed by atoms with Crippen LogP contribution in [-0.2, 0) is 19.4 Å². The molecule has 1 atom stereocenters. The zero-order valence-corrected chi connectivity index (χ0v) is 22.5. The van der Waals surface area contributed by atoms with Gasteiger partial charge in [0.2, 0.25) is 0 Å². The van der Waals surface area contributed by atoms with Crippen LogP contribution in [0, 0.1) is 0 Å². The van der Waals surface area contributed by atoms with Crippen molar-refractivity contribution in [3.05, 3.63) is 135 Å². The zero-order valence-electron chi connectivity index (χ0n) is 21.6. The van der Waals surface area contributed by atoms with Crippen molar-refractivity contribution < 1.29 is 10.2 Å². The fraction of sp³-hybridized carbons (Fsp3) is 0.219. The summed E-state index contributed by atoms with van der Waals surface area (Å²) in [5, 5.41) is 27.2. The first-order valence-electron chi connectivity index (χ1n) is 13.2. The summed E-state index contributed by atoms with van der Waals surface area (Å²) in [7, 11) is 0. The molecule has 0 saturated carbocycles. The summed E-state index contributed by atoms with van der Waals surface area (Å²) < 4.78 is 0.684. The number of phenolic OH excluding ortho intramolecular Hbond substituents is 1. The van der Waals surface area contributed by atoms with Gasteiger partial charge in [-0.1, -0.05) is 102 Å². The van der Waals surface area contributed by atoms with E-state index < -0.39 is 6.23 Å². The monoisotopic (exact) mass is 539 g/mol. The molecule has 7 heteroatoms. The smallest absolute Gasteiger partial charge is 0.305 e. The van der Waals surface area contributed by atoms with E-state index in [-0.39, 0.29) is 10.6 Å². The number of hydrogen-bond acceptors (Lipinski definition) is 6. The first-order chi connectivity index (χ1) is 19.1.